The van der Waals surface area contributed by atoms with Gasteiger partial charge in [-0.05, 0) is 12.1 Å². The smallest absolute Gasteiger partial charge is 0.387 e. The van der Waals surface area contributed by atoms with Crippen molar-refractivity contribution >= 4 is 29.2 Å². The normalized spacial score (nSPS) is 12.6. The molecule has 0 spiro atoms. The molecule has 0 aliphatic carbocycles. The van der Waals surface area contributed by atoms with Crippen LogP contribution in [-0.2, 0) is 4.79 Å². The van der Waals surface area contributed by atoms with E-state index in [0.29, 0.717) is 0 Å². The summed E-state index contributed by atoms with van der Waals surface area (Å²) in [6.45, 7) is -3.20. The Labute approximate surface area is 104 Å². The van der Waals surface area contributed by atoms with Crippen molar-refractivity contribution in [3.63, 3.8) is 0 Å². The van der Waals surface area contributed by atoms with Gasteiger partial charge in [0, 0.05) is 10.6 Å². The van der Waals surface area contributed by atoms with Crippen LogP contribution in [0.25, 0.3) is 0 Å². The lowest BCUT2D eigenvalue weighted by Gasteiger charge is -2.14. The van der Waals surface area contributed by atoms with E-state index in [1.807, 2.05) is 0 Å². The Hall–Kier alpha value is -1.11. The minimum Gasteiger partial charge on any atom is -0.479 e. The number of aliphatic carboxylic acids is 1. The van der Waals surface area contributed by atoms with Gasteiger partial charge in [0.1, 0.15) is 0 Å². The van der Waals surface area contributed by atoms with E-state index in [1.165, 1.54) is 0 Å². The fourth-order valence-electron chi connectivity index (χ4n) is 1.13. The summed E-state index contributed by atoms with van der Waals surface area (Å²) >= 11 is 11.2. The maximum Gasteiger partial charge on any atom is 0.387 e. The molecule has 1 aromatic carbocycles. The molecule has 1 aromatic rings. The van der Waals surface area contributed by atoms with Crippen molar-refractivity contribution in [1.82, 2.24) is 0 Å². The SMILES string of the molecule is O=C(O)C(O)c1cc(Cl)cc(Cl)c1OC(F)F. The lowest BCUT2D eigenvalue weighted by molar-refractivity contribution is -0.147. The van der Waals surface area contributed by atoms with Gasteiger partial charge in [0.2, 0.25) is 0 Å². The maximum atomic E-state index is 12.1. The Morgan fingerprint density at radius 3 is 2.41 bits per heavy atom. The quantitative estimate of drug-likeness (QED) is 0.893. The van der Waals surface area contributed by atoms with E-state index < -0.39 is 30.0 Å². The topological polar surface area (TPSA) is 66.8 Å². The number of benzene rings is 1. The van der Waals surface area contributed by atoms with Crippen molar-refractivity contribution in [2.75, 3.05) is 0 Å². The summed E-state index contributed by atoms with van der Waals surface area (Å²) in [6.07, 6.45) is -2.06. The first-order chi connectivity index (χ1) is 7.82. The second-order valence-corrected chi connectivity index (χ2v) is 3.77. The first-order valence-corrected chi connectivity index (χ1v) is 4.93. The van der Waals surface area contributed by atoms with E-state index in [2.05, 4.69) is 4.74 Å². The van der Waals surface area contributed by atoms with Gasteiger partial charge in [0.05, 0.1) is 5.02 Å². The van der Waals surface area contributed by atoms with Gasteiger partial charge < -0.3 is 14.9 Å². The van der Waals surface area contributed by atoms with E-state index in [9.17, 15) is 18.7 Å². The summed E-state index contributed by atoms with van der Waals surface area (Å²) in [5, 5.41) is 17.6. The van der Waals surface area contributed by atoms with E-state index in [0.717, 1.165) is 12.1 Å². The number of hydrogen-bond donors (Lipinski definition) is 2. The average molecular weight is 287 g/mol. The molecule has 0 aliphatic rings. The first kappa shape index (κ1) is 14.0. The predicted octanol–water partition coefficient (Wildman–Crippen LogP) is 2.71. The lowest BCUT2D eigenvalue weighted by atomic mass is 10.1. The molecular formula is C9H6Cl2F2O4. The standard InChI is InChI=1S/C9H6Cl2F2O4/c10-3-1-4(6(14)8(15)16)7(5(11)2-3)17-9(12)13/h1-2,6,9,14H,(H,15,16). The van der Waals surface area contributed by atoms with Crippen molar-refractivity contribution in [1.29, 1.82) is 0 Å². The summed E-state index contributed by atoms with van der Waals surface area (Å²) in [5.41, 5.74) is -0.435. The molecule has 0 bridgehead atoms. The third-order valence-corrected chi connectivity index (χ3v) is 2.27. The molecule has 0 saturated heterocycles. The fourth-order valence-corrected chi connectivity index (χ4v) is 1.68. The molecule has 0 aliphatic heterocycles. The Bertz CT molecular complexity index is 439. The van der Waals surface area contributed by atoms with Gasteiger partial charge in [-0.1, -0.05) is 23.2 Å². The highest BCUT2D eigenvalue weighted by molar-refractivity contribution is 6.35. The molecule has 0 fully saturated rings. The van der Waals surface area contributed by atoms with Crippen LogP contribution in [0.3, 0.4) is 0 Å². The van der Waals surface area contributed by atoms with E-state index >= 15 is 0 Å². The largest absolute Gasteiger partial charge is 0.479 e. The van der Waals surface area contributed by atoms with Crippen LogP contribution < -0.4 is 4.74 Å². The number of ether oxygens (including phenoxy) is 1. The number of aliphatic hydroxyl groups is 1. The maximum absolute atomic E-state index is 12.1. The van der Waals surface area contributed by atoms with Gasteiger partial charge >= 0.3 is 12.6 Å². The summed E-state index contributed by atoms with van der Waals surface area (Å²) in [5.74, 6) is -2.25. The molecule has 0 saturated carbocycles. The molecule has 2 N–H and O–H groups in total. The van der Waals surface area contributed by atoms with Gasteiger partial charge in [-0.2, -0.15) is 8.78 Å². The summed E-state index contributed by atoms with van der Waals surface area (Å²) in [7, 11) is 0. The van der Waals surface area contributed by atoms with Crippen LogP contribution in [-0.4, -0.2) is 22.8 Å². The fraction of sp³-hybridized carbons (Fsp3) is 0.222. The second kappa shape index (κ2) is 5.48. The molecule has 1 atom stereocenters. The van der Waals surface area contributed by atoms with Gasteiger partial charge in [0.25, 0.3) is 0 Å². The predicted molar refractivity (Wildman–Crippen MR) is 55.7 cm³/mol. The molecule has 0 aromatic heterocycles. The van der Waals surface area contributed by atoms with Crippen LogP contribution in [0.4, 0.5) is 8.78 Å². The molecule has 0 amide bonds. The minimum absolute atomic E-state index is 0.00748. The molecule has 17 heavy (non-hydrogen) atoms. The number of halogens is 4. The van der Waals surface area contributed by atoms with Crippen molar-refractivity contribution in [3.8, 4) is 5.75 Å². The summed E-state index contributed by atoms with van der Waals surface area (Å²) in [6, 6.07) is 2.09. The zero-order valence-corrected chi connectivity index (χ0v) is 9.54. The average Bonchev–Trinajstić information content (AvgIpc) is 2.20. The molecule has 0 heterocycles. The lowest BCUT2D eigenvalue weighted by Crippen LogP contribution is -2.14. The monoisotopic (exact) mass is 286 g/mol. The Balaban J connectivity index is 3.29. The van der Waals surface area contributed by atoms with E-state index in [4.69, 9.17) is 28.3 Å². The number of carboxylic acid groups (broad SMARTS) is 1. The molecule has 4 nitrogen and oxygen atoms in total. The Morgan fingerprint density at radius 2 is 1.94 bits per heavy atom. The van der Waals surface area contributed by atoms with Crippen LogP contribution in [0.15, 0.2) is 12.1 Å². The second-order valence-electron chi connectivity index (χ2n) is 2.93. The highest BCUT2D eigenvalue weighted by atomic mass is 35.5. The molecule has 1 rings (SSSR count). The van der Waals surface area contributed by atoms with Gasteiger partial charge in [-0.15, -0.1) is 0 Å². The van der Waals surface area contributed by atoms with Gasteiger partial charge in [-0.25, -0.2) is 4.79 Å². The minimum atomic E-state index is -3.20. The zero-order valence-electron chi connectivity index (χ0n) is 8.03. The van der Waals surface area contributed by atoms with E-state index in [-0.39, 0.29) is 10.0 Å². The molecule has 8 heteroatoms. The third-order valence-electron chi connectivity index (χ3n) is 1.77. The Morgan fingerprint density at radius 1 is 1.35 bits per heavy atom. The first-order valence-electron chi connectivity index (χ1n) is 4.17. The highest BCUT2D eigenvalue weighted by Gasteiger charge is 2.25. The molecular weight excluding hydrogens is 281 g/mol. The van der Waals surface area contributed by atoms with Crippen molar-refractivity contribution in [2.45, 2.75) is 12.7 Å². The van der Waals surface area contributed by atoms with Gasteiger partial charge in [-0.3, -0.25) is 0 Å². The zero-order chi connectivity index (χ0) is 13.2. The molecule has 94 valence electrons. The van der Waals surface area contributed by atoms with Crippen molar-refractivity contribution in [3.05, 3.63) is 27.7 Å². The van der Waals surface area contributed by atoms with Crippen molar-refractivity contribution < 1.29 is 28.5 Å². The summed E-state index contributed by atoms with van der Waals surface area (Å²) in [4.78, 5) is 10.6. The van der Waals surface area contributed by atoms with Crippen molar-refractivity contribution in [2.24, 2.45) is 0 Å². The number of rotatable bonds is 4. The van der Waals surface area contributed by atoms with Crippen LogP contribution in [0.2, 0.25) is 10.0 Å². The molecule has 1 unspecified atom stereocenters. The highest BCUT2D eigenvalue weighted by Crippen LogP contribution is 2.37. The molecule has 0 radical (unpaired) electrons. The Kier molecular flexibility index (Phi) is 4.50. The van der Waals surface area contributed by atoms with Crippen LogP contribution in [0.1, 0.15) is 11.7 Å². The van der Waals surface area contributed by atoms with Crippen LogP contribution in [0, 0.1) is 0 Å². The van der Waals surface area contributed by atoms with Gasteiger partial charge in [0.15, 0.2) is 11.9 Å². The summed E-state index contributed by atoms with van der Waals surface area (Å²) < 4.78 is 28.3. The van der Waals surface area contributed by atoms with Crippen LogP contribution in [0.5, 0.6) is 5.75 Å². The number of alkyl halides is 2. The number of carbonyl (C=O) groups is 1. The van der Waals surface area contributed by atoms with E-state index in [1.54, 1.807) is 0 Å². The van der Waals surface area contributed by atoms with Crippen LogP contribution >= 0.6 is 23.2 Å². The number of carboxylic acids is 1. The third kappa shape index (κ3) is 3.42. The number of hydrogen-bond acceptors (Lipinski definition) is 3. The number of aliphatic hydroxyl groups excluding tert-OH is 1.